The molecule has 0 saturated heterocycles. The minimum absolute atomic E-state index is 0.144. The molecule has 3 aromatic rings. The van der Waals surface area contributed by atoms with Crippen LogP contribution in [0.1, 0.15) is 26.6 Å². The quantitative estimate of drug-likeness (QED) is 0.736. The Kier molecular flexibility index (Phi) is 4.81. The number of hydrogen-bond acceptors (Lipinski definition) is 4. The van der Waals surface area contributed by atoms with Gasteiger partial charge in [0.2, 0.25) is 0 Å². The summed E-state index contributed by atoms with van der Waals surface area (Å²) >= 11 is 5.83. The monoisotopic (exact) mass is 355 g/mol. The van der Waals surface area contributed by atoms with E-state index in [-0.39, 0.29) is 11.6 Å². The van der Waals surface area contributed by atoms with Gasteiger partial charge in [-0.2, -0.15) is 0 Å². The predicted molar refractivity (Wildman–Crippen MR) is 95.0 cm³/mol. The standard InChI is InChI=1S/C18H14ClN3O3/c1-11-10-16(22-25-11)18(24)21-15-5-3-2-4-14(15)17(23)20-13-8-6-12(19)7-9-13/h2-10H,1H3,(H,20,23)(H,21,24). The van der Waals surface area contributed by atoms with Crippen molar-refractivity contribution in [3.63, 3.8) is 0 Å². The van der Waals surface area contributed by atoms with Crippen LogP contribution in [0, 0.1) is 6.92 Å². The smallest absolute Gasteiger partial charge is 0.277 e. The zero-order chi connectivity index (χ0) is 17.8. The number of carbonyl (C=O) groups excluding carboxylic acids is 2. The zero-order valence-electron chi connectivity index (χ0n) is 13.2. The third kappa shape index (κ3) is 4.05. The Bertz CT molecular complexity index is 919. The molecule has 0 fully saturated rings. The first-order valence-corrected chi connectivity index (χ1v) is 7.81. The van der Waals surface area contributed by atoms with E-state index in [9.17, 15) is 9.59 Å². The van der Waals surface area contributed by atoms with E-state index >= 15 is 0 Å². The van der Waals surface area contributed by atoms with Crippen LogP contribution in [0.15, 0.2) is 59.1 Å². The number of nitrogens with one attached hydrogen (secondary N) is 2. The molecule has 2 amide bonds. The van der Waals surface area contributed by atoms with Crippen LogP contribution in [0.2, 0.25) is 5.02 Å². The fourth-order valence-corrected chi connectivity index (χ4v) is 2.31. The van der Waals surface area contributed by atoms with Gasteiger partial charge in [-0.3, -0.25) is 9.59 Å². The molecule has 3 rings (SSSR count). The lowest BCUT2D eigenvalue weighted by Gasteiger charge is -2.10. The number of amides is 2. The summed E-state index contributed by atoms with van der Waals surface area (Å²) in [5.74, 6) is -0.280. The Labute approximate surface area is 148 Å². The van der Waals surface area contributed by atoms with Gasteiger partial charge in [0.05, 0.1) is 11.3 Å². The predicted octanol–water partition coefficient (Wildman–Crippen LogP) is 4.14. The fraction of sp³-hybridized carbons (Fsp3) is 0.0556. The third-order valence-electron chi connectivity index (χ3n) is 3.38. The Morgan fingerprint density at radius 2 is 1.72 bits per heavy atom. The van der Waals surface area contributed by atoms with Crippen molar-refractivity contribution in [3.05, 3.63) is 76.6 Å². The number of aromatic nitrogens is 1. The molecule has 7 heteroatoms. The van der Waals surface area contributed by atoms with Crippen molar-refractivity contribution >= 4 is 34.8 Å². The van der Waals surface area contributed by atoms with E-state index < -0.39 is 5.91 Å². The van der Waals surface area contributed by atoms with Gasteiger partial charge in [-0.25, -0.2) is 0 Å². The Morgan fingerprint density at radius 3 is 2.40 bits per heavy atom. The van der Waals surface area contributed by atoms with Crippen LogP contribution in [0.25, 0.3) is 0 Å². The SMILES string of the molecule is Cc1cc(C(=O)Nc2ccccc2C(=O)Nc2ccc(Cl)cc2)no1. The second-order valence-corrected chi connectivity index (χ2v) is 5.72. The molecular weight excluding hydrogens is 342 g/mol. The molecule has 0 unspecified atom stereocenters. The highest BCUT2D eigenvalue weighted by atomic mass is 35.5. The average molecular weight is 356 g/mol. The van der Waals surface area contributed by atoms with Crippen molar-refractivity contribution in [1.82, 2.24) is 5.16 Å². The number of nitrogens with zero attached hydrogens (tertiary/aromatic N) is 1. The summed E-state index contributed by atoms with van der Waals surface area (Å²) in [7, 11) is 0. The number of rotatable bonds is 4. The van der Waals surface area contributed by atoms with Crippen LogP contribution >= 0.6 is 11.6 Å². The topological polar surface area (TPSA) is 84.2 Å². The summed E-state index contributed by atoms with van der Waals surface area (Å²) < 4.78 is 4.89. The highest BCUT2D eigenvalue weighted by molar-refractivity contribution is 6.30. The van der Waals surface area contributed by atoms with Crippen LogP contribution in [-0.2, 0) is 0 Å². The van der Waals surface area contributed by atoms with Gasteiger partial charge in [0.15, 0.2) is 5.69 Å². The molecule has 0 saturated carbocycles. The average Bonchev–Trinajstić information content (AvgIpc) is 3.04. The van der Waals surface area contributed by atoms with Gasteiger partial charge < -0.3 is 15.2 Å². The van der Waals surface area contributed by atoms with Crippen LogP contribution in [-0.4, -0.2) is 17.0 Å². The molecule has 0 bridgehead atoms. The molecular formula is C18H14ClN3O3. The van der Waals surface area contributed by atoms with Gasteiger partial charge in [0.25, 0.3) is 11.8 Å². The second kappa shape index (κ2) is 7.19. The fourth-order valence-electron chi connectivity index (χ4n) is 2.18. The van der Waals surface area contributed by atoms with E-state index in [0.717, 1.165) is 0 Å². The maximum absolute atomic E-state index is 12.5. The minimum Gasteiger partial charge on any atom is -0.361 e. The van der Waals surface area contributed by atoms with E-state index in [0.29, 0.717) is 27.7 Å². The third-order valence-corrected chi connectivity index (χ3v) is 3.63. The van der Waals surface area contributed by atoms with E-state index in [1.807, 2.05) is 0 Å². The lowest BCUT2D eigenvalue weighted by Crippen LogP contribution is -2.18. The summed E-state index contributed by atoms with van der Waals surface area (Å²) in [4.78, 5) is 24.7. The molecule has 0 aliphatic carbocycles. The Hall–Kier alpha value is -3.12. The first kappa shape index (κ1) is 16.7. The van der Waals surface area contributed by atoms with E-state index in [2.05, 4.69) is 15.8 Å². The van der Waals surface area contributed by atoms with Crippen molar-refractivity contribution < 1.29 is 14.1 Å². The van der Waals surface area contributed by atoms with Crippen molar-refractivity contribution in [2.75, 3.05) is 10.6 Å². The maximum Gasteiger partial charge on any atom is 0.277 e. The van der Waals surface area contributed by atoms with Crippen molar-refractivity contribution in [3.8, 4) is 0 Å². The summed E-state index contributed by atoms with van der Waals surface area (Å²) in [5.41, 5.74) is 1.44. The summed E-state index contributed by atoms with van der Waals surface area (Å²) in [6, 6.07) is 15.0. The van der Waals surface area contributed by atoms with Crippen molar-refractivity contribution in [1.29, 1.82) is 0 Å². The molecule has 25 heavy (non-hydrogen) atoms. The molecule has 0 spiro atoms. The van der Waals surface area contributed by atoms with Crippen LogP contribution in [0.4, 0.5) is 11.4 Å². The first-order chi connectivity index (χ1) is 12.0. The number of aryl methyl sites for hydroxylation is 1. The van der Waals surface area contributed by atoms with Crippen LogP contribution in [0.5, 0.6) is 0 Å². The van der Waals surface area contributed by atoms with Crippen LogP contribution < -0.4 is 10.6 Å². The van der Waals surface area contributed by atoms with Gasteiger partial charge in [-0.1, -0.05) is 28.9 Å². The summed E-state index contributed by atoms with van der Waals surface area (Å²) in [6.07, 6.45) is 0. The van der Waals surface area contributed by atoms with E-state index in [4.69, 9.17) is 16.1 Å². The molecule has 0 radical (unpaired) electrons. The number of benzene rings is 2. The van der Waals surface area contributed by atoms with Gasteiger partial charge in [-0.15, -0.1) is 0 Å². The Morgan fingerprint density at radius 1 is 1.00 bits per heavy atom. The largest absolute Gasteiger partial charge is 0.361 e. The van der Waals surface area contributed by atoms with Gasteiger partial charge in [0.1, 0.15) is 5.76 Å². The first-order valence-electron chi connectivity index (χ1n) is 7.43. The molecule has 2 aromatic carbocycles. The number of anilines is 2. The molecule has 126 valence electrons. The van der Waals surface area contributed by atoms with Crippen LogP contribution in [0.3, 0.4) is 0 Å². The van der Waals surface area contributed by atoms with E-state index in [1.54, 1.807) is 55.5 Å². The molecule has 1 heterocycles. The van der Waals surface area contributed by atoms with Crippen molar-refractivity contribution in [2.45, 2.75) is 6.92 Å². The molecule has 0 aliphatic rings. The molecule has 1 aromatic heterocycles. The maximum atomic E-state index is 12.5. The molecule has 2 N–H and O–H groups in total. The number of carbonyl (C=O) groups is 2. The number of hydrogen-bond donors (Lipinski definition) is 2. The van der Waals surface area contributed by atoms with Gasteiger partial charge in [-0.05, 0) is 43.3 Å². The zero-order valence-corrected chi connectivity index (χ0v) is 14.0. The lowest BCUT2D eigenvalue weighted by atomic mass is 10.1. The normalized spacial score (nSPS) is 10.3. The lowest BCUT2D eigenvalue weighted by molar-refractivity contribution is 0.101. The highest BCUT2D eigenvalue weighted by Gasteiger charge is 2.16. The van der Waals surface area contributed by atoms with Gasteiger partial charge in [0, 0.05) is 16.8 Å². The highest BCUT2D eigenvalue weighted by Crippen LogP contribution is 2.19. The number of halogens is 1. The van der Waals surface area contributed by atoms with E-state index in [1.165, 1.54) is 6.07 Å². The Balaban J connectivity index is 1.79. The molecule has 0 aliphatic heterocycles. The minimum atomic E-state index is -0.455. The molecule has 0 atom stereocenters. The summed E-state index contributed by atoms with van der Waals surface area (Å²) in [6.45, 7) is 1.69. The second-order valence-electron chi connectivity index (χ2n) is 5.28. The molecule has 6 nitrogen and oxygen atoms in total. The number of para-hydroxylation sites is 1. The van der Waals surface area contributed by atoms with Crippen molar-refractivity contribution in [2.24, 2.45) is 0 Å². The summed E-state index contributed by atoms with van der Waals surface area (Å²) in [5, 5.41) is 9.67. The van der Waals surface area contributed by atoms with Gasteiger partial charge >= 0.3 is 0 Å².